The summed E-state index contributed by atoms with van der Waals surface area (Å²) in [5, 5.41) is 3.86. The molecule has 0 radical (unpaired) electrons. The van der Waals surface area contributed by atoms with Gasteiger partial charge < -0.3 is 15.8 Å². The number of rotatable bonds is 7. The first-order chi connectivity index (χ1) is 15.1. The quantitative estimate of drug-likeness (QED) is 0.269. The van der Waals surface area contributed by atoms with E-state index in [4.69, 9.17) is 10.5 Å². The minimum absolute atomic E-state index is 0.164. The zero-order valence-electron chi connectivity index (χ0n) is 16.9. The van der Waals surface area contributed by atoms with Crippen molar-refractivity contribution in [3.63, 3.8) is 0 Å². The number of nitrogens with one attached hydrogen (secondary N) is 2. The number of amidine groups is 1. The lowest BCUT2D eigenvalue weighted by Gasteiger charge is -2.10. The van der Waals surface area contributed by atoms with Crippen LogP contribution in [-0.2, 0) is 0 Å². The fourth-order valence-electron chi connectivity index (χ4n) is 3.06. The molecule has 0 bridgehead atoms. The predicted molar refractivity (Wildman–Crippen MR) is 127 cm³/mol. The van der Waals surface area contributed by atoms with Crippen molar-refractivity contribution in [1.29, 1.82) is 0 Å². The molecular weight excluding hydrogens is 408 g/mol. The van der Waals surface area contributed by atoms with Gasteiger partial charge in [-0.1, -0.05) is 48.5 Å². The molecule has 0 aliphatic rings. The van der Waals surface area contributed by atoms with Gasteiger partial charge in [-0.25, -0.2) is 0 Å². The maximum absolute atomic E-state index is 12.4. The molecule has 0 amide bonds. The molecule has 4 rings (SSSR count). The Hall–Kier alpha value is -3.84. The molecule has 1 heterocycles. The smallest absolute Gasteiger partial charge is 0.271 e. The normalized spacial score (nSPS) is 12.4. The molecule has 6 nitrogen and oxygen atoms in total. The van der Waals surface area contributed by atoms with E-state index in [0.29, 0.717) is 10.6 Å². The molecule has 31 heavy (non-hydrogen) atoms. The minimum Gasteiger partial charge on any atom is -0.457 e. The van der Waals surface area contributed by atoms with Gasteiger partial charge in [-0.05, 0) is 60.4 Å². The number of hydrogen-bond donors (Lipinski definition) is 3. The number of nitrogens with zero attached hydrogens (tertiary/aromatic N) is 1. The lowest BCUT2D eigenvalue weighted by atomic mass is 10.1. The van der Waals surface area contributed by atoms with Crippen LogP contribution in [-0.4, -0.2) is 10.2 Å². The van der Waals surface area contributed by atoms with E-state index in [2.05, 4.69) is 14.7 Å². The predicted octanol–water partition coefficient (Wildman–Crippen LogP) is 5.44. The van der Waals surface area contributed by atoms with Crippen LogP contribution in [0.2, 0.25) is 0 Å². The van der Waals surface area contributed by atoms with Crippen LogP contribution >= 0.6 is 11.5 Å². The van der Waals surface area contributed by atoms with Gasteiger partial charge in [-0.3, -0.25) is 14.2 Å². The Bertz CT molecular complexity index is 1220. The van der Waals surface area contributed by atoms with E-state index >= 15 is 0 Å². The van der Waals surface area contributed by atoms with E-state index in [1.54, 1.807) is 0 Å². The third-order valence-electron chi connectivity index (χ3n) is 4.66. The van der Waals surface area contributed by atoms with Crippen molar-refractivity contribution in [2.75, 3.05) is 5.32 Å². The second kappa shape index (κ2) is 9.32. The Labute approximate surface area is 184 Å². The number of H-pyrrole nitrogens is 1. The SMILES string of the molecule is C[C@H](N=C(N)c1c(Nc2ccc(Oc3ccccc3)cc2)s[nH]c1=O)c1ccccc1. The molecule has 0 spiro atoms. The monoisotopic (exact) mass is 430 g/mol. The van der Waals surface area contributed by atoms with Crippen molar-refractivity contribution in [2.24, 2.45) is 10.7 Å². The number of nitrogens with two attached hydrogens (primary N) is 1. The standard InChI is InChI=1S/C24H22N4O2S/c1-16(17-8-4-2-5-9-17)26-22(25)21-23(29)28-31-24(21)27-18-12-14-20(15-13-18)30-19-10-6-3-7-11-19/h2-16,27H,1H3,(H2,25,26)(H,28,29)/t16-/m0/s1. The van der Waals surface area contributed by atoms with Crippen LogP contribution in [0.15, 0.2) is 94.7 Å². The number of aliphatic imine (C=N–C) groups is 1. The van der Waals surface area contributed by atoms with Crippen LogP contribution in [0.4, 0.5) is 10.7 Å². The first kappa shape index (κ1) is 20.4. The molecule has 1 atom stereocenters. The van der Waals surface area contributed by atoms with Crippen LogP contribution in [0.5, 0.6) is 11.5 Å². The van der Waals surface area contributed by atoms with Gasteiger partial charge in [-0.15, -0.1) is 0 Å². The van der Waals surface area contributed by atoms with Crippen molar-refractivity contribution in [2.45, 2.75) is 13.0 Å². The Balaban J connectivity index is 1.51. The first-order valence-electron chi connectivity index (χ1n) is 9.80. The Morgan fingerprint density at radius 1 is 0.968 bits per heavy atom. The van der Waals surface area contributed by atoms with E-state index < -0.39 is 0 Å². The van der Waals surface area contributed by atoms with Crippen molar-refractivity contribution < 1.29 is 4.74 Å². The summed E-state index contributed by atoms with van der Waals surface area (Å²) >= 11 is 1.19. The fourth-order valence-corrected chi connectivity index (χ4v) is 3.83. The van der Waals surface area contributed by atoms with Gasteiger partial charge in [0.05, 0.1) is 6.04 Å². The zero-order chi connectivity index (χ0) is 21.6. The Morgan fingerprint density at radius 3 is 2.26 bits per heavy atom. The summed E-state index contributed by atoms with van der Waals surface area (Å²) in [5.41, 5.74) is 8.13. The second-order valence-corrected chi connectivity index (χ2v) is 7.72. The zero-order valence-corrected chi connectivity index (χ0v) is 17.7. The van der Waals surface area contributed by atoms with E-state index in [9.17, 15) is 4.79 Å². The highest BCUT2D eigenvalue weighted by Gasteiger charge is 2.16. The highest BCUT2D eigenvalue weighted by molar-refractivity contribution is 7.10. The lowest BCUT2D eigenvalue weighted by Crippen LogP contribution is -2.23. The Kier molecular flexibility index (Phi) is 6.14. The van der Waals surface area contributed by atoms with Crippen molar-refractivity contribution in [3.8, 4) is 11.5 Å². The number of benzene rings is 3. The third kappa shape index (κ3) is 5.02. The van der Waals surface area contributed by atoms with Gasteiger partial charge in [0.15, 0.2) is 0 Å². The van der Waals surface area contributed by atoms with Gasteiger partial charge in [0.25, 0.3) is 5.56 Å². The molecule has 4 aromatic rings. The number of aromatic nitrogens is 1. The molecule has 3 aromatic carbocycles. The summed E-state index contributed by atoms with van der Waals surface area (Å²) in [6.45, 7) is 1.95. The van der Waals surface area contributed by atoms with Crippen molar-refractivity contribution in [3.05, 3.63) is 106 Å². The summed E-state index contributed by atoms with van der Waals surface area (Å²) < 4.78 is 8.55. The fraction of sp³-hybridized carbons (Fsp3) is 0.0833. The topological polar surface area (TPSA) is 92.5 Å². The molecule has 0 saturated carbocycles. The second-order valence-electron chi connectivity index (χ2n) is 6.90. The van der Waals surface area contributed by atoms with Crippen molar-refractivity contribution in [1.82, 2.24) is 4.37 Å². The number of hydrogen-bond acceptors (Lipinski definition) is 5. The van der Waals surface area contributed by atoms with Crippen LogP contribution < -0.4 is 21.3 Å². The van der Waals surface area contributed by atoms with Crippen LogP contribution in [0.1, 0.15) is 24.1 Å². The third-order valence-corrected chi connectivity index (χ3v) is 5.46. The van der Waals surface area contributed by atoms with Crippen LogP contribution in [0.3, 0.4) is 0 Å². The first-order valence-corrected chi connectivity index (χ1v) is 10.6. The lowest BCUT2D eigenvalue weighted by molar-refractivity contribution is 0.483. The number of aromatic amines is 1. The van der Waals surface area contributed by atoms with E-state index in [-0.39, 0.29) is 17.4 Å². The molecule has 1 aromatic heterocycles. The highest BCUT2D eigenvalue weighted by Crippen LogP contribution is 2.27. The molecule has 0 aliphatic carbocycles. The molecule has 0 unspecified atom stereocenters. The van der Waals surface area contributed by atoms with Crippen LogP contribution in [0.25, 0.3) is 0 Å². The minimum atomic E-state index is -0.266. The molecule has 0 saturated heterocycles. The average Bonchev–Trinajstić information content (AvgIpc) is 3.16. The van der Waals surface area contributed by atoms with Gasteiger partial charge in [-0.2, -0.15) is 0 Å². The van der Waals surface area contributed by atoms with E-state index in [0.717, 1.165) is 22.7 Å². The number of para-hydroxylation sites is 1. The maximum Gasteiger partial charge on any atom is 0.271 e. The maximum atomic E-state index is 12.4. The highest BCUT2D eigenvalue weighted by atomic mass is 32.1. The van der Waals surface area contributed by atoms with E-state index in [1.165, 1.54) is 11.5 Å². The van der Waals surface area contributed by atoms with Crippen LogP contribution in [0, 0.1) is 0 Å². The summed E-state index contributed by atoms with van der Waals surface area (Å²) in [6.07, 6.45) is 0. The molecular formula is C24H22N4O2S. The molecule has 156 valence electrons. The molecule has 0 fully saturated rings. The van der Waals surface area contributed by atoms with Gasteiger partial charge in [0.1, 0.15) is 27.9 Å². The molecule has 7 heteroatoms. The summed E-state index contributed by atoms with van der Waals surface area (Å²) in [5.74, 6) is 1.69. The Morgan fingerprint density at radius 2 is 1.58 bits per heavy atom. The van der Waals surface area contributed by atoms with Gasteiger partial charge >= 0.3 is 0 Å². The average molecular weight is 431 g/mol. The molecule has 0 aliphatic heterocycles. The van der Waals surface area contributed by atoms with Gasteiger partial charge in [0.2, 0.25) is 0 Å². The molecule has 4 N–H and O–H groups in total. The summed E-state index contributed by atoms with van der Waals surface area (Å²) in [4.78, 5) is 16.9. The number of ether oxygens (including phenoxy) is 1. The van der Waals surface area contributed by atoms with Crippen molar-refractivity contribution >= 4 is 28.1 Å². The van der Waals surface area contributed by atoms with E-state index in [1.807, 2.05) is 91.9 Å². The van der Waals surface area contributed by atoms with Gasteiger partial charge in [0, 0.05) is 5.69 Å². The number of anilines is 2. The summed E-state index contributed by atoms with van der Waals surface area (Å²) in [7, 11) is 0. The summed E-state index contributed by atoms with van der Waals surface area (Å²) in [6, 6.07) is 26.7. The largest absolute Gasteiger partial charge is 0.457 e.